The van der Waals surface area contributed by atoms with Crippen LogP contribution in [0.2, 0.25) is 0 Å². The largest absolute Gasteiger partial charge is 0.365 e. The Balaban J connectivity index is 2.69. The fourth-order valence-corrected chi connectivity index (χ4v) is 1.47. The van der Waals surface area contributed by atoms with E-state index in [0.29, 0.717) is 23.5 Å². The van der Waals surface area contributed by atoms with E-state index in [9.17, 15) is 0 Å². The highest BCUT2D eigenvalue weighted by Crippen LogP contribution is 2.10. The molecule has 1 atom stereocenters. The molecule has 0 aromatic carbocycles. The molecule has 1 heterocycles. The lowest BCUT2D eigenvalue weighted by Gasteiger charge is -2.25. The summed E-state index contributed by atoms with van der Waals surface area (Å²) >= 11 is 0. The maximum atomic E-state index is 8.64. The van der Waals surface area contributed by atoms with Crippen molar-refractivity contribution in [1.82, 2.24) is 14.9 Å². The Morgan fingerprint density at radius 3 is 2.47 bits per heavy atom. The predicted octanol–water partition coefficient (Wildman–Crippen LogP) is 1.35. The van der Waals surface area contributed by atoms with Gasteiger partial charge in [0.25, 0.3) is 0 Å². The zero-order chi connectivity index (χ0) is 12.8. The maximum Gasteiger partial charge on any atom is 0.158 e. The molecule has 1 aromatic rings. The Bertz CT molecular complexity index is 377. The van der Waals surface area contributed by atoms with Crippen molar-refractivity contribution < 1.29 is 0 Å². The molecule has 1 N–H and O–H groups in total. The van der Waals surface area contributed by atoms with Crippen molar-refractivity contribution in [3.63, 3.8) is 0 Å². The van der Waals surface area contributed by atoms with E-state index in [1.54, 1.807) is 6.20 Å². The standard InChI is InChI=1S/C12H19N5/c1-9(2)11(8-17(3)4)16-12-7-14-10(5-13)6-15-12/h6-7,9,11H,8H2,1-4H3,(H,15,16). The van der Waals surface area contributed by atoms with Gasteiger partial charge in [-0.15, -0.1) is 0 Å². The molecule has 5 heteroatoms. The first-order chi connectivity index (χ1) is 8.02. The molecule has 5 nitrogen and oxygen atoms in total. The molecule has 0 aliphatic rings. The van der Waals surface area contributed by atoms with Crippen LogP contribution in [0.5, 0.6) is 0 Å². The number of nitrogens with one attached hydrogen (secondary N) is 1. The molecule has 17 heavy (non-hydrogen) atoms. The van der Waals surface area contributed by atoms with Gasteiger partial charge in [-0.1, -0.05) is 13.8 Å². The lowest BCUT2D eigenvalue weighted by Crippen LogP contribution is -2.36. The van der Waals surface area contributed by atoms with E-state index >= 15 is 0 Å². The van der Waals surface area contributed by atoms with E-state index < -0.39 is 0 Å². The van der Waals surface area contributed by atoms with Crippen LogP contribution < -0.4 is 5.32 Å². The molecule has 0 amide bonds. The summed E-state index contributed by atoms with van der Waals surface area (Å²) in [5.41, 5.74) is 0.337. The molecule has 0 saturated carbocycles. The lowest BCUT2D eigenvalue weighted by molar-refractivity contribution is 0.344. The van der Waals surface area contributed by atoms with Gasteiger partial charge in [-0.05, 0) is 20.0 Å². The fraction of sp³-hybridized carbons (Fsp3) is 0.583. The number of hydrogen-bond acceptors (Lipinski definition) is 5. The molecule has 0 aliphatic heterocycles. The minimum absolute atomic E-state index is 0.312. The molecule has 0 fully saturated rings. The van der Waals surface area contributed by atoms with Crippen molar-refractivity contribution in [3.8, 4) is 6.07 Å². The molecule has 1 aromatic heterocycles. The van der Waals surface area contributed by atoms with Gasteiger partial charge in [-0.2, -0.15) is 5.26 Å². The van der Waals surface area contributed by atoms with E-state index in [0.717, 1.165) is 6.54 Å². The van der Waals surface area contributed by atoms with Crippen LogP contribution in [-0.2, 0) is 0 Å². The van der Waals surface area contributed by atoms with Crippen LogP contribution in [0.4, 0.5) is 5.82 Å². The van der Waals surface area contributed by atoms with Crippen LogP contribution in [0.25, 0.3) is 0 Å². The average Bonchev–Trinajstić information content (AvgIpc) is 2.28. The molecular weight excluding hydrogens is 214 g/mol. The highest BCUT2D eigenvalue weighted by Gasteiger charge is 2.14. The zero-order valence-corrected chi connectivity index (χ0v) is 10.8. The molecule has 0 bridgehead atoms. The van der Waals surface area contributed by atoms with Crippen LogP contribution in [0.1, 0.15) is 19.5 Å². The van der Waals surface area contributed by atoms with Crippen molar-refractivity contribution in [2.24, 2.45) is 5.92 Å². The number of aromatic nitrogens is 2. The van der Waals surface area contributed by atoms with Gasteiger partial charge < -0.3 is 10.2 Å². The van der Waals surface area contributed by atoms with Gasteiger partial charge in [-0.25, -0.2) is 9.97 Å². The van der Waals surface area contributed by atoms with Crippen LogP contribution >= 0.6 is 0 Å². The van der Waals surface area contributed by atoms with Crippen molar-refractivity contribution >= 4 is 5.82 Å². The number of nitriles is 1. The Hall–Kier alpha value is -1.67. The van der Waals surface area contributed by atoms with Crippen molar-refractivity contribution in [2.75, 3.05) is 26.0 Å². The highest BCUT2D eigenvalue weighted by molar-refractivity contribution is 5.34. The zero-order valence-electron chi connectivity index (χ0n) is 10.8. The van der Waals surface area contributed by atoms with Gasteiger partial charge in [-0.3, -0.25) is 0 Å². The van der Waals surface area contributed by atoms with Crippen LogP contribution in [-0.4, -0.2) is 41.5 Å². The third kappa shape index (κ3) is 4.37. The summed E-state index contributed by atoms with van der Waals surface area (Å²) in [6, 6.07) is 2.27. The molecule has 0 saturated heterocycles. The Kier molecular flexibility index (Phi) is 4.85. The Labute approximate surface area is 102 Å². The van der Waals surface area contributed by atoms with Crippen molar-refractivity contribution in [3.05, 3.63) is 18.1 Å². The smallest absolute Gasteiger partial charge is 0.158 e. The van der Waals surface area contributed by atoms with Gasteiger partial charge in [0.15, 0.2) is 5.69 Å². The summed E-state index contributed by atoms with van der Waals surface area (Å²) in [4.78, 5) is 10.3. The Morgan fingerprint density at radius 1 is 1.35 bits per heavy atom. The monoisotopic (exact) mass is 233 g/mol. The molecular formula is C12H19N5. The summed E-state index contributed by atoms with van der Waals surface area (Å²) in [6.07, 6.45) is 3.08. The first-order valence-electron chi connectivity index (χ1n) is 5.66. The number of hydrogen-bond donors (Lipinski definition) is 1. The minimum atomic E-state index is 0.312. The summed E-state index contributed by atoms with van der Waals surface area (Å²) in [7, 11) is 4.09. The highest BCUT2D eigenvalue weighted by atomic mass is 15.1. The van der Waals surface area contributed by atoms with Gasteiger partial charge in [0, 0.05) is 12.6 Å². The first kappa shape index (κ1) is 13.4. The van der Waals surface area contributed by atoms with E-state index in [2.05, 4.69) is 34.0 Å². The van der Waals surface area contributed by atoms with Crippen molar-refractivity contribution in [2.45, 2.75) is 19.9 Å². The molecule has 92 valence electrons. The molecule has 0 spiro atoms. The summed E-state index contributed by atoms with van der Waals surface area (Å²) in [5.74, 6) is 1.21. The van der Waals surface area contributed by atoms with E-state index in [4.69, 9.17) is 5.26 Å². The van der Waals surface area contributed by atoms with Crippen LogP contribution in [0.3, 0.4) is 0 Å². The fourth-order valence-electron chi connectivity index (χ4n) is 1.47. The lowest BCUT2D eigenvalue weighted by atomic mass is 10.0. The number of nitrogens with zero attached hydrogens (tertiary/aromatic N) is 4. The van der Waals surface area contributed by atoms with Gasteiger partial charge in [0.1, 0.15) is 11.9 Å². The number of likely N-dealkylation sites (N-methyl/N-ethyl adjacent to an activating group) is 1. The topological polar surface area (TPSA) is 64.8 Å². The second kappa shape index (κ2) is 6.16. The first-order valence-corrected chi connectivity index (χ1v) is 5.66. The second-order valence-corrected chi connectivity index (χ2v) is 4.66. The summed E-state index contributed by atoms with van der Waals surface area (Å²) in [6.45, 7) is 5.26. The van der Waals surface area contributed by atoms with Gasteiger partial charge in [0.05, 0.1) is 12.4 Å². The molecule has 0 aliphatic carbocycles. The van der Waals surface area contributed by atoms with Gasteiger partial charge in [0.2, 0.25) is 0 Å². The average molecular weight is 233 g/mol. The third-order valence-corrected chi connectivity index (χ3v) is 2.47. The van der Waals surface area contributed by atoms with E-state index in [-0.39, 0.29) is 0 Å². The van der Waals surface area contributed by atoms with Crippen LogP contribution in [0.15, 0.2) is 12.4 Å². The minimum Gasteiger partial charge on any atom is -0.365 e. The van der Waals surface area contributed by atoms with Crippen LogP contribution in [0, 0.1) is 17.2 Å². The molecule has 0 radical (unpaired) electrons. The molecule has 1 rings (SSSR count). The quantitative estimate of drug-likeness (QED) is 0.831. The van der Waals surface area contributed by atoms with E-state index in [1.807, 2.05) is 20.2 Å². The maximum absolute atomic E-state index is 8.64. The summed E-state index contributed by atoms with van der Waals surface area (Å²) < 4.78 is 0. The SMILES string of the molecule is CC(C)C(CN(C)C)Nc1cnc(C#N)cn1. The van der Waals surface area contributed by atoms with Crippen molar-refractivity contribution in [1.29, 1.82) is 5.26 Å². The van der Waals surface area contributed by atoms with E-state index in [1.165, 1.54) is 6.20 Å². The number of anilines is 1. The Morgan fingerprint density at radius 2 is 2.06 bits per heavy atom. The number of rotatable bonds is 5. The predicted molar refractivity (Wildman–Crippen MR) is 67.5 cm³/mol. The summed E-state index contributed by atoms with van der Waals surface area (Å²) in [5, 5.41) is 12.0. The normalized spacial score (nSPS) is 12.5. The second-order valence-electron chi connectivity index (χ2n) is 4.66. The molecule has 1 unspecified atom stereocenters. The third-order valence-electron chi connectivity index (χ3n) is 2.47. The van der Waals surface area contributed by atoms with Gasteiger partial charge >= 0.3 is 0 Å².